The molecule has 0 saturated carbocycles. The molecule has 186 valence electrons. The Bertz CT molecular complexity index is 1280. The summed E-state index contributed by atoms with van der Waals surface area (Å²) in [5, 5.41) is 5.81. The van der Waals surface area contributed by atoms with Gasteiger partial charge in [0, 0.05) is 35.2 Å². The van der Waals surface area contributed by atoms with Crippen LogP contribution in [0.4, 0.5) is 15.8 Å². The van der Waals surface area contributed by atoms with Crippen LogP contribution >= 0.6 is 0 Å². The Labute approximate surface area is 207 Å². The molecule has 0 aromatic heterocycles. The predicted molar refractivity (Wildman–Crippen MR) is 137 cm³/mol. The van der Waals surface area contributed by atoms with Gasteiger partial charge >= 0.3 is 0 Å². The predicted octanol–water partition coefficient (Wildman–Crippen LogP) is 6.24. The number of ketones is 1. The molecule has 0 aliphatic rings. The van der Waals surface area contributed by atoms with Crippen LogP contribution in [0.25, 0.3) is 12.2 Å². The van der Waals surface area contributed by atoms with Gasteiger partial charge in [-0.1, -0.05) is 12.2 Å². The van der Waals surface area contributed by atoms with E-state index in [2.05, 4.69) is 10.5 Å². The van der Waals surface area contributed by atoms with E-state index in [9.17, 15) is 14.1 Å². The van der Waals surface area contributed by atoms with Gasteiger partial charge < -0.3 is 24.3 Å². The maximum atomic E-state index is 14.5. The summed E-state index contributed by atoms with van der Waals surface area (Å²) in [6.07, 6.45) is 6.23. The molecule has 0 spiro atoms. The summed E-state index contributed by atoms with van der Waals surface area (Å²) in [6, 6.07) is 12.3. The Kier molecular flexibility index (Phi) is 8.77. The fourth-order valence-electron chi connectivity index (χ4n) is 3.36. The average molecular weight is 493 g/mol. The maximum Gasteiger partial charge on any atom is 0.203 e. The normalized spacial score (nSPS) is 10.9. The molecule has 3 aromatic carbocycles. The molecule has 0 aliphatic carbocycles. The van der Waals surface area contributed by atoms with Crippen molar-refractivity contribution in [2.75, 3.05) is 33.8 Å². The smallest absolute Gasteiger partial charge is 0.203 e. The third-order valence-electron chi connectivity index (χ3n) is 5.20. The van der Waals surface area contributed by atoms with Gasteiger partial charge in [-0.25, -0.2) is 4.39 Å². The molecule has 0 amide bonds. The standard InChI is InChI=1S/C27H25FN2O6/c1-33-24-16-22(29-12-11-23(31)18-7-9-20(30-32)10-8-18)19(15-21(24)28)6-5-17-13-25(34-2)27(36-4)26(14-17)35-3/h5-16,29H,1-4H3/b6-5-,12-11-. The molecule has 0 saturated heterocycles. The number of ether oxygens (including phenoxy) is 4. The number of methoxy groups -OCH3 is 4. The highest BCUT2D eigenvalue weighted by molar-refractivity contribution is 6.04. The van der Waals surface area contributed by atoms with Crippen LogP contribution in [0, 0.1) is 10.7 Å². The second-order valence-corrected chi connectivity index (χ2v) is 7.35. The number of anilines is 1. The third kappa shape index (κ3) is 6.06. The lowest BCUT2D eigenvalue weighted by Crippen LogP contribution is -1.98. The third-order valence-corrected chi connectivity index (χ3v) is 5.20. The van der Waals surface area contributed by atoms with Crippen molar-refractivity contribution in [2.24, 2.45) is 5.18 Å². The number of nitrogens with one attached hydrogen (secondary N) is 1. The highest BCUT2D eigenvalue weighted by Gasteiger charge is 2.13. The van der Waals surface area contributed by atoms with Crippen LogP contribution in [0.1, 0.15) is 21.5 Å². The quantitative estimate of drug-likeness (QED) is 0.147. The molecule has 9 heteroatoms. The van der Waals surface area contributed by atoms with Crippen molar-refractivity contribution in [2.45, 2.75) is 0 Å². The minimum Gasteiger partial charge on any atom is -0.494 e. The zero-order valence-corrected chi connectivity index (χ0v) is 20.2. The molecule has 0 atom stereocenters. The van der Waals surface area contributed by atoms with Crippen LogP contribution in [0.5, 0.6) is 23.0 Å². The maximum absolute atomic E-state index is 14.5. The minimum atomic E-state index is -0.545. The summed E-state index contributed by atoms with van der Waals surface area (Å²) in [5.41, 5.74) is 2.35. The van der Waals surface area contributed by atoms with Gasteiger partial charge in [-0.15, -0.1) is 4.91 Å². The van der Waals surface area contributed by atoms with Crippen molar-refractivity contribution in [3.63, 3.8) is 0 Å². The fraction of sp³-hybridized carbons (Fsp3) is 0.148. The molecule has 0 fully saturated rings. The first-order chi connectivity index (χ1) is 17.4. The van der Waals surface area contributed by atoms with Crippen molar-refractivity contribution < 1.29 is 28.1 Å². The van der Waals surface area contributed by atoms with E-state index in [0.29, 0.717) is 34.1 Å². The summed E-state index contributed by atoms with van der Waals surface area (Å²) in [5.74, 6) is 0.629. The molecule has 3 rings (SSSR count). The lowest BCUT2D eigenvalue weighted by atomic mass is 10.1. The van der Waals surface area contributed by atoms with Gasteiger partial charge in [-0.3, -0.25) is 4.79 Å². The number of benzene rings is 3. The molecule has 3 aromatic rings. The molecule has 1 N–H and O–H groups in total. The Hall–Kier alpha value is -4.66. The number of carbonyl (C=O) groups excluding carboxylic acids is 1. The SMILES string of the molecule is COc1cc(N/C=C\C(=O)c2ccc(N=O)cc2)c(/C=C\c2cc(OC)c(OC)c(OC)c2)cc1F. The molecular weight excluding hydrogens is 467 g/mol. The van der Waals surface area contributed by atoms with Crippen molar-refractivity contribution in [1.82, 2.24) is 0 Å². The van der Waals surface area contributed by atoms with Gasteiger partial charge in [-0.2, -0.15) is 0 Å². The summed E-state index contributed by atoms with van der Waals surface area (Å²) in [7, 11) is 5.92. The second-order valence-electron chi connectivity index (χ2n) is 7.35. The molecule has 0 aliphatic heterocycles. The number of allylic oxidation sites excluding steroid dienone is 1. The average Bonchev–Trinajstić information content (AvgIpc) is 2.91. The number of hydrogen-bond donors (Lipinski definition) is 1. The van der Waals surface area contributed by atoms with Crippen molar-refractivity contribution in [1.29, 1.82) is 0 Å². The van der Waals surface area contributed by atoms with Crippen molar-refractivity contribution in [3.8, 4) is 23.0 Å². The van der Waals surface area contributed by atoms with Crippen LogP contribution in [-0.2, 0) is 0 Å². The van der Waals surface area contributed by atoms with E-state index in [1.165, 1.54) is 77.1 Å². The number of nitrogens with zero attached hydrogens (tertiary/aromatic N) is 1. The number of carbonyl (C=O) groups is 1. The first kappa shape index (κ1) is 26.0. The van der Waals surface area contributed by atoms with Crippen LogP contribution in [0.15, 0.2) is 66.0 Å². The molecular formula is C27H25FN2O6. The number of nitroso groups, excluding NO2 is 1. The Morgan fingerprint density at radius 1 is 0.861 bits per heavy atom. The molecule has 0 radical (unpaired) electrons. The molecule has 0 unspecified atom stereocenters. The van der Waals surface area contributed by atoms with Gasteiger partial charge in [0.15, 0.2) is 28.8 Å². The second kappa shape index (κ2) is 12.2. The summed E-state index contributed by atoms with van der Waals surface area (Å²) in [4.78, 5) is 23.0. The van der Waals surface area contributed by atoms with Gasteiger partial charge in [-0.05, 0) is 53.2 Å². The number of rotatable bonds is 11. The number of halogens is 1. The topological polar surface area (TPSA) is 95.5 Å². The van der Waals surface area contributed by atoms with E-state index < -0.39 is 5.82 Å². The van der Waals surface area contributed by atoms with E-state index in [1.807, 2.05) is 0 Å². The van der Waals surface area contributed by atoms with E-state index >= 15 is 0 Å². The van der Waals surface area contributed by atoms with E-state index in [4.69, 9.17) is 18.9 Å². The molecule has 0 bridgehead atoms. The zero-order chi connectivity index (χ0) is 26.1. The Balaban J connectivity index is 1.89. The lowest BCUT2D eigenvalue weighted by Gasteiger charge is -2.13. The highest BCUT2D eigenvalue weighted by Crippen LogP contribution is 2.39. The Morgan fingerprint density at radius 3 is 2.06 bits per heavy atom. The number of hydrogen-bond acceptors (Lipinski definition) is 8. The monoisotopic (exact) mass is 492 g/mol. The van der Waals surface area contributed by atoms with Crippen LogP contribution in [0.3, 0.4) is 0 Å². The van der Waals surface area contributed by atoms with Crippen LogP contribution in [0.2, 0.25) is 0 Å². The first-order valence-electron chi connectivity index (χ1n) is 10.7. The summed E-state index contributed by atoms with van der Waals surface area (Å²) < 4.78 is 35.7. The van der Waals surface area contributed by atoms with Gasteiger partial charge in [0.05, 0.1) is 28.4 Å². The van der Waals surface area contributed by atoms with Gasteiger partial charge in [0.25, 0.3) is 0 Å². The van der Waals surface area contributed by atoms with Crippen molar-refractivity contribution >= 4 is 29.3 Å². The summed E-state index contributed by atoms with van der Waals surface area (Å²) >= 11 is 0. The molecule has 0 heterocycles. The minimum absolute atomic E-state index is 0.0408. The lowest BCUT2D eigenvalue weighted by molar-refractivity contribution is 0.104. The summed E-state index contributed by atoms with van der Waals surface area (Å²) in [6.45, 7) is 0. The van der Waals surface area contributed by atoms with Crippen molar-refractivity contribution in [3.05, 3.63) is 88.2 Å². The van der Waals surface area contributed by atoms with E-state index in [1.54, 1.807) is 24.3 Å². The van der Waals surface area contributed by atoms with Gasteiger partial charge in [0.2, 0.25) is 5.75 Å². The molecule has 8 nitrogen and oxygen atoms in total. The molecule has 36 heavy (non-hydrogen) atoms. The highest BCUT2D eigenvalue weighted by atomic mass is 19.1. The van der Waals surface area contributed by atoms with E-state index in [0.717, 1.165) is 5.56 Å². The fourth-order valence-corrected chi connectivity index (χ4v) is 3.36. The Morgan fingerprint density at radius 2 is 1.50 bits per heavy atom. The van der Waals surface area contributed by atoms with Gasteiger partial charge in [0.1, 0.15) is 5.69 Å². The first-order valence-corrected chi connectivity index (χ1v) is 10.7. The zero-order valence-electron chi connectivity index (χ0n) is 20.2. The largest absolute Gasteiger partial charge is 0.494 e. The van der Waals surface area contributed by atoms with E-state index in [-0.39, 0.29) is 17.2 Å². The van der Waals surface area contributed by atoms with Crippen LogP contribution < -0.4 is 24.3 Å². The van der Waals surface area contributed by atoms with Crippen LogP contribution in [-0.4, -0.2) is 34.2 Å².